The van der Waals surface area contributed by atoms with Crippen LogP contribution in [-0.2, 0) is 22.5 Å². The van der Waals surface area contributed by atoms with Crippen LogP contribution in [0.4, 0.5) is 0 Å². The first-order valence-electron chi connectivity index (χ1n) is 9.64. The fourth-order valence-corrected chi connectivity index (χ4v) is 3.75. The van der Waals surface area contributed by atoms with E-state index >= 15 is 0 Å². The maximum atomic E-state index is 12.4. The number of hydrogen-bond donors (Lipinski definition) is 0. The largest absolute Gasteiger partial charge is 0.487 e. The summed E-state index contributed by atoms with van der Waals surface area (Å²) in [6.45, 7) is 2.71. The Morgan fingerprint density at radius 2 is 1.93 bits per heavy atom. The molecule has 1 unspecified atom stereocenters. The third kappa shape index (κ3) is 3.44. The van der Waals surface area contributed by atoms with Gasteiger partial charge in [0.15, 0.2) is 0 Å². The van der Waals surface area contributed by atoms with Crippen LogP contribution in [0.15, 0.2) is 36.0 Å². The van der Waals surface area contributed by atoms with Crippen LogP contribution in [0.5, 0.6) is 0 Å². The Balaban J connectivity index is 1.42. The summed E-state index contributed by atoms with van der Waals surface area (Å²) >= 11 is 0. The molecule has 27 heavy (non-hydrogen) atoms. The summed E-state index contributed by atoms with van der Waals surface area (Å²) in [7, 11) is 0. The molecule has 1 aliphatic heterocycles. The molecular weight excluding hydrogens is 342 g/mol. The van der Waals surface area contributed by atoms with Crippen molar-refractivity contribution in [3.63, 3.8) is 0 Å². The van der Waals surface area contributed by atoms with Gasteiger partial charge in [0.2, 0.25) is 11.6 Å². The molecule has 0 N–H and O–H groups in total. The minimum Gasteiger partial charge on any atom is -0.487 e. The number of nitrogens with zero attached hydrogens (tertiary/aromatic N) is 3. The second-order valence-electron chi connectivity index (χ2n) is 7.20. The SMILES string of the molecule is CCCCCCc1cn(CC2CC3=C(O2)c2ccccc2C(=O)C3=O)nn1. The predicted molar refractivity (Wildman–Crippen MR) is 100 cm³/mol. The van der Waals surface area contributed by atoms with Gasteiger partial charge < -0.3 is 4.74 Å². The highest BCUT2D eigenvalue weighted by Crippen LogP contribution is 2.39. The average molecular weight is 365 g/mol. The lowest BCUT2D eigenvalue weighted by molar-refractivity contribution is -0.112. The van der Waals surface area contributed by atoms with Gasteiger partial charge in [-0.1, -0.05) is 55.7 Å². The van der Waals surface area contributed by atoms with E-state index in [9.17, 15) is 9.59 Å². The molecule has 1 aliphatic carbocycles. The zero-order valence-corrected chi connectivity index (χ0v) is 15.5. The highest BCUT2D eigenvalue weighted by atomic mass is 16.5. The first-order valence-corrected chi connectivity index (χ1v) is 9.64. The van der Waals surface area contributed by atoms with Crippen LogP contribution in [0.1, 0.15) is 60.6 Å². The molecule has 0 fully saturated rings. The molecule has 0 bridgehead atoms. The summed E-state index contributed by atoms with van der Waals surface area (Å²) in [6, 6.07) is 7.13. The number of rotatable bonds is 7. The van der Waals surface area contributed by atoms with Crippen molar-refractivity contribution in [1.29, 1.82) is 0 Å². The zero-order valence-electron chi connectivity index (χ0n) is 15.5. The third-order valence-corrected chi connectivity index (χ3v) is 5.15. The van der Waals surface area contributed by atoms with E-state index in [1.54, 1.807) is 16.8 Å². The van der Waals surface area contributed by atoms with E-state index in [1.807, 2.05) is 18.3 Å². The molecule has 4 rings (SSSR count). The summed E-state index contributed by atoms with van der Waals surface area (Å²) in [5, 5.41) is 8.42. The lowest BCUT2D eigenvalue weighted by Crippen LogP contribution is -2.22. The molecule has 0 radical (unpaired) electrons. The summed E-state index contributed by atoms with van der Waals surface area (Å²) < 4.78 is 7.83. The van der Waals surface area contributed by atoms with Crippen LogP contribution in [-0.4, -0.2) is 32.7 Å². The summed E-state index contributed by atoms with van der Waals surface area (Å²) in [4.78, 5) is 24.7. The molecule has 0 saturated heterocycles. The number of ketones is 2. The average Bonchev–Trinajstić information content (AvgIpc) is 3.31. The Morgan fingerprint density at radius 1 is 1.11 bits per heavy atom. The molecule has 2 heterocycles. The highest BCUT2D eigenvalue weighted by Gasteiger charge is 2.40. The molecule has 1 atom stereocenters. The molecule has 2 aromatic rings. The van der Waals surface area contributed by atoms with Crippen molar-refractivity contribution in [2.75, 3.05) is 0 Å². The monoisotopic (exact) mass is 365 g/mol. The van der Waals surface area contributed by atoms with E-state index in [2.05, 4.69) is 17.2 Å². The number of ether oxygens (including phenoxy) is 1. The number of fused-ring (bicyclic) bond motifs is 2. The zero-order chi connectivity index (χ0) is 18.8. The van der Waals surface area contributed by atoms with Crippen molar-refractivity contribution in [2.24, 2.45) is 0 Å². The number of aryl methyl sites for hydroxylation is 1. The smallest absolute Gasteiger partial charge is 0.234 e. The van der Waals surface area contributed by atoms with Crippen molar-refractivity contribution in [2.45, 2.75) is 58.1 Å². The fraction of sp³-hybridized carbons (Fsp3) is 0.429. The van der Waals surface area contributed by atoms with E-state index in [0.717, 1.165) is 24.1 Å². The molecule has 6 heteroatoms. The Morgan fingerprint density at radius 3 is 2.74 bits per heavy atom. The minimum atomic E-state index is -0.443. The van der Waals surface area contributed by atoms with Gasteiger partial charge in [-0.3, -0.25) is 9.59 Å². The number of carbonyl (C=O) groups excluding carboxylic acids is 2. The molecule has 6 nitrogen and oxygen atoms in total. The van der Waals surface area contributed by atoms with E-state index in [-0.39, 0.29) is 6.10 Å². The van der Waals surface area contributed by atoms with Crippen molar-refractivity contribution >= 4 is 17.3 Å². The Labute approximate surface area is 158 Å². The van der Waals surface area contributed by atoms with Gasteiger partial charge in [-0.2, -0.15) is 0 Å². The van der Waals surface area contributed by atoms with Crippen molar-refractivity contribution in [3.05, 3.63) is 52.9 Å². The lowest BCUT2D eigenvalue weighted by Gasteiger charge is -2.16. The van der Waals surface area contributed by atoms with Gasteiger partial charge in [0.1, 0.15) is 11.9 Å². The molecule has 140 valence electrons. The fourth-order valence-electron chi connectivity index (χ4n) is 3.75. The molecule has 0 spiro atoms. The third-order valence-electron chi connectivity index (χ3n) is 5.15. The second-order valence-corrected chi connectivity index (χ2v) is 7.20. The highest BCUT2D eigenvalue weighted by molar-refractivity contribution is 6.52. The van der Waals surface area contributed by atoms with Crippen LogP contribution in [0, 0.1) is 0 Å². The van der Waals surface area contributed by atoms with Crippen molar-refractivity contribution in [3.8, 4) is 0 Å². The van der Waals surface area contributed by atoms with E-state index in [4.69, 9.17) is 4.74 Å². The summed E-state index contributed by atoms with van der Waals surface area (Å²) in [6.07, 6.45) is 7.89. The standard InChI is InChI=1S/C21H23N3O3/c1-2-3-4-5-8-14-12-24(23-22-14)13-15-11-18-20(26)19(25)16-9-6-7-10-17(16)21(18)27-15/h6-7,9-10,12,15H,2-5,8,11,13H2,1H3. The molecule has 0 saturated carbocycles. The number of hydrogen-bond acceptors (Lipinski definition) is 5. The van der Waals surface area contributed by atoms with Gasteiger partial charge >= 0.3 is 0 Å². The van der Waals surface area contributed by atoms with E-state index in [1.165, 1.54) is 19.3 Å². The van der Waals surface area contributed by atoms with Gasteiger partial charge in [0.25, 0.3) is 0 Å². The first kappa shape index (κ1) is 17.6. The van der Waals surface area contributed by atoms with Crippen LogP contribution >= 0.6 is 0 Å². The molecule has 0 amide bonds. The topological polar surface area (TPSA) is 74.1 Å². The van der Waals surface area contributed by atoms with Gasteiger partial charge in [-0.05, 0) is 12.8 Å². The van der Waals surface area contributed by atoms with Crippen LogP contribution in [0.2, 0.25) is 0 Å². The molecule has 2 aliphatic rings. The first-order chi connectivity index (χ1) is 13.2. The van der Waals surface area contributed by atoms with Gasteiger partial charge in [-0.25, -0.2) is 4.68 Å². The Kier molecular flexibility index (Phi) is 4.88. The number of aromatic nitrogens is 3. The molecular formula is C21H23N3O3. The van der Waals surface area contributed by atoms with Gasteiger partial charge in [0.05, 0.1) is 17.8 Å². The van der Waals surface area contributed by atoms with Gasteiger partial charge in [0, 0.05) is 23.7 Å². The Hall–Kier alpha value is -2.76. The number of benzene rings is 1. The second kappa shape index (κ2) is 7.47. The summed E-state index contributed by atoms with van der Waals surface area (Å²) in [5.74, 6) is -0.328. The lowest BCUT2D eigenvalue weighted by atomic mass is 9.88. The number of Topliss-reactive ketones (excluding diaryl/α,β-unsaturated/α-hetero) is 2. The van der Waals surface area contributed by atoms with Crippen LogP contribution < -0.4 is 0 Å². The van der Waals surface area contributed by atoms with Crippen LogP contribution in [0.3, 0.4) is 0 Å². The predicted octanol–water partition coefficient (Wildman–Crippen LogP) is 3.37. The molecule has 1 aromatic carbocycles. The van der Waals surface area contributed by atoms with Crippen LogP contribution in [0.25, 0.3) is 5.76 Å². The van der Waals surface area contributed by atoms with E-state index in [0.29, 0.717) is 29.9 Å². The maximum Gasteiger partial charge on any atom is 0.234 e. The molecule has 1 aromatic heterocycles. The van der Waals surface area contributed by atoms with Crippen molar-refractivity contribution < 1.29 is 14.3 Å². The van der Waals surface area contributed by atoms with E-state index < -0.39 is 11.6 Å². The quantitative estimate of drug-likeness (QED) is 0.555. The number of carbonyl (C=O) groups is 2. The number of unbranched alkanes of at least 4 members (excludes halogenated alkanes) is 3. The minimum absolute atomic E-state index is 0.215. The summed E-state index contributed by atoms with van der Waals surface area (Å²) in [5.41, 5.74) is 2.62. The normalized spacial score (nSPS) is 18.5. The Bertz CT molecular complexity index is 913. The van der Waals surface area contributed by atoms with Gasteiger partial charge in [-0.15, -0.1) is 5.10 Å². The maximum absolute atomic E-state index is 12.4. The van der Waals surface area contributed by atoms with Crippen molar-refractivity contribution in [1.82, 2.24) is 15.0 Å².